The Balaban J connectivity index is 1.73. The third-order valence-electron chi connectivity index (χ3n) is 4.33. The van der Waals surface area contributed by atoms with Gasteiger partial charge in [0.25, 0.3) is 0 Å². The lowest BCUT2D eigenvalue weighted by molar-refractivity contribution is 0.608. The standard InChI is InChI=1S/C16H19N5/c1-4-11(17-7-1)14-10-15(12-5-2-8-18-12)21-16(20-14)13-6-3-9-19-13/h7-13H,1-6H2. The average Bonchev–Trinajstić information content (AvgIpc) is 3.29. The first kappa shape index (κ1) is 12.8. The molecule has 3 aliphatic rings. The number of rotatable bonds is 3. The Hall–Kier alpha value is -1.91. The summed E-state index contributed by atoms with van der Waals surface area (Å²) in [7, 11) is 0. The van der Waals surface area contributed by atoms with Crippen molar-refractivity contribution in [1.82, 2.24) is 9.97 Å². The molecule has 1 aromatic heterocycles. The molecule has 0 bridgehead atoms. The molecular formula is C16H19N5. The molecule has 0 saturated carbocycles. The van der Waals surface area contributed by atoms with Gasteiger partial charge in [0.15, 0.2) is 5.82 Å². The van der Waals surface area contributed by atoms with Gasteiger partial charge in [-0.1, -0.05) is 0 Å². The average molecular weight is 281 g/mol. The summed E-state index contributed by atoms with van der Waals surface area (Å²) in [5, 5.41) is 0. The van der Waals surface area contributed by atoms with Gasteiger partial charge in [0, 0.05) is 0 Å². The topological polar surface area (TPSA) is 62.9 Å². The highest BCUT2D eigenvalue weighted by atomic mass is 15.0. The molecule has 0 saturated heterocycles. The molecule has 3 aliphatic heterocycles. The lowest BCUT2D eigenvalue weighted by Crippen LogP contribution is -2.09. The van der Waals surface area contributed by atoms with E-state index < -0.39 is 0 Å². The lowest BCUT2D eigenvalue weighted by Gasteiger charge is -2.15. The molecule has 5 heteroatoms. The molecule has 5 nitrogen and oxygen atoms in total. The molecule has 4 rings (SSSR count). The summed E-state index contributed by atoms with van der Waals surface area (Å²) >= 11 is 0. The Morgan fingerprint density at radius 2 is 1.14 bits per heavy atom. The van der Waals surface area contributed by atoms with Crippen molar-refractivity contribution in [2.24, 2.45) is 15.0 Å². The van der Waals surface area contributed by atoms with E-state index in [9.17, 15) is 0 Å². The van der Waals surface area contributed by atoms with Crippen LogP contribution in [-0.4, -0.2) is 28.6 Å². The van der Waals surface area contributed by atoms with E-state index in [1.54, 1.807) is 0 Å². The summed E-state index contributed by atoms with van der Waals surface area (Å²) in [5.41, 5.74) is 2.10. The lowest BCUT2D eigenvalue weighted by atomic mass is 10.1. The minimum atomic E-state index is 0.125. The second-order valence-corrected chi connectivity index (χ2v) is 5.85. The van der Waals surface area contributed by atoms with E-state index in [1.807, 2.05) is 18.6 Å². The Bertz CT molecular complexity index is 521. The molecule has 0 fully saturated rings. The third kappa shape index (κ3) is 2.52. The zero-order valence-electron chi connectivity index (χ0n) is 12.0. The van der Waals surface area contributed by atoms with Crippen molar-refractivity contribution in [2.45, 2.75) is 56.7 Å². The van der Waals surface area contributed by atoms with Crippen molar-refractivity contribution in [2.75, 3.05) is 0 Å². The summed E-state index contributed by atoms with van der Waals surface area (Å²) in [5.74, 6) is 0.862. The summed E-state index contributed by atoms with van der Waals surface area (Å²) < 4.78 is 0. The first-order chi connectivity index (χ1) is 10.4. The van der Waals surface area contributed by atoms with Gasteiger partial charge in [-0.25, -0.2) is 9.97 Å². The van der Waals surface area contributed by atoms with Gasteiger partial charge in [0.05, 0.1) is 23.5 Å². The van der Waals surface area contributed by atoms with E-state index in [2.05, 4.69) is 21.0 Å². The largest absolute Gasteiger partial charge is 0.288 e. The first-order valence-electron chi connectivity index (χ1n) is 7.84. The maximum absolute atomic E-state index is 4.78. The molecule has 0 spiro atoms. The molecule has 3 unspecified atom stereocenters. The fourth-order valence-corrected chi connectivity index (χ4v) is 3.17. The Morgan fingerprint density at radius 3 is 1.57 bits per heavy atom. The summed E-state index contributed by atoms with van der Waals surface area (Å²) in [6.45, 7) is 0. The van der Waals surface area contributed by atoms with Crippen LogP contribution in [0.2, 0.25) is 0 Å². The first-order valence-corrected chi connectivity index (χ1v) is 7.84. The highest BCUT2D eigenvalue weighted by molar-refractivity contribution is 5.61. The normalized spacial score (nSPS) is 30.6. The van der Waals surface area contributed by atoms with Crippen molar-refractivity contribution in [3.05, 3.63) is 23.3 Å². The minimum Gasteiger partial charge on any atom is -0.288 e. The highest BCUT2D eigenvalue weighted by Gasteiger charge is 2.24. The van der Waals surface area contributed by atoms with Crippen molar-refractivity contribution in [3.8, 4) is 0 Å². The minimum absolute atomic E-state index is 0.125. The van der Waals surface area contributed by atoms with E-state index in [-0.39, 0.29) is 18.1 Å². The van der Waals surface area contributed by atoms with E-state index in [4.69, 9.17) is 9.97 Å². The van der Waals surface area contributed by atoms with Crippen LogP contribution >= 0.6 is 0 Å². The van der Waals surface area contributed by atoms with Gasteiger partial charge < -0.3 is 0 Å². The fraction of sp³-hybridized carbons (Fsp3) is 0.562. The molecule has 0 aromatic carbocycles. The predicted molar refractivity (Wildman–Crippen MR) is 83.4 cm³/mol. The van der Waals surface area contributed by atoms with Gasteiger partial charge in [0.2, 0.25) is 0 Å². The number of nitrogens with zero attached hydrogens (tertiary/aromatic N) is 5. The summed E-state index contributed by atoms with van der Waals surface area (Å²) in [6.07, 6.45) is 12.2. The monoisotopic (exact) mass is 281 g/mol. The van der Waals surface area contributed by atoms with Gasteiger partial charge in [0.1, 0.15) is 6.04 Å². The van der Waals surface area contributed by atoms with Crippen LogP contribution in [-0.2, 0) is 0 Å². The zero-order valence-corrected chi connectivity index (χ0v) is 12.0. The van der Waals surface area contributed by atoms with Crippen LogP contribution in [0.25, 0.3) is 0 Å². The van der Waals surface area contributed by atoms with Gasteiger partial charge >= 0.3 is 0 Å². The summed E-state index contributed by atoms with van der Waals surface area (Å²) in [6, 6.07) is 2.63. The number of hydrogen-bond acceptors (Lipinski definition) is 5. The molecule has 0 amide bonds. The molecule has 4 heterocycles. The van der Waals surface area contributed by atoms with E-state index in [0.29, 0.717) is 0 Å². The fourth-order valence-electron chi connectivity index (χ4n) is 3.17. The van der Waals surface area contributed by atoms with Gasteiger partial charge in [-0.15, -0.1) is 0 Å². The molecule has 108 valence electrons. The number of aliphatic imine (C=N–C) groups is 3. The van der Waals surface area contributed by atoms with Crippen molar-refractivity contribution >= 4 is 18.6 Å². The summed E-state index contributed by atoms with van der Waals surface area (Å²) in [4.78, 5) is 23.2. The molecule has 0 radical (unpaired) electrons. The van der Waals surface area contributed by atoms with Crippen LogP contribution in [0.1, 0.15) is 73.9 Å². The highest BCUT2D eigenvalue weighted by Crippen LogP contribution is 2.32. The van der Waals surface area contributed by atoms with Gasteiger partial charge in [-0.2, -0.15) is 0 Å². The molecule has 3 atom stereocenters. The maximum Gasteiger partial charge on any atom is 0.153 e. The van der Waals surface area contributed by atoms with Crippen LogP contribution in [0.5, 0.6) is 0 Å². The van der Waals surface area contributed by atoms with Crippen LogP contribution in [0.15, 0.2) is 21.0 Å². The SMILES string of the molecule is C1=NC(c2cc(C3CCC=N3)nc(C3CCC=N3)n2)CC1. The number of hydrogen-bond donors (Lipinski definition) is 0. The van der Waals surface area contributed by atoms with E-state index >= 15 is 0 Å². The third-order valence-corrected chi connectivity index (χ3v) is 4.33. The van der Waals surface area contributed by atoms with E-state index in [1.165, 1.54) is 0 Å². The second-order valence-electron chi connectivity index (χ2n) is 5.85. The number of aromatic nitrogens is 2. The Morgan fingerprint density at radius 1 is 0.667 bits per heavy atom. The maximum atomic E-state index is 4.78. The molecule has 0 N–H and O–H groups in total. The van der Waals surface area contributed by atoms with Crippen LogP contribution in [0.4, 0.5) is 0 Å². The molecule has 0 aliphatic carbocycles. The second kappa shape index (κ2) is 5.47. The van der Waals surface area contributed by atoms with Crippen molar-refractivity contribution in [3.63, 3.8) is 0 Å². The molecule has 21 heavy (non-hydrogen) atoms. The van der Waals surface area contributed by atoms with Crippen molar-refractivity contribution < 1.29 is 0 Å². The van der Waals surface area contributed by atoms with Crippen LogP contribution in [0.3, 0.4) is 0 Å². The smallest absolute Gasteiger partial charge is 0.153 e. The van der Waals surface area contributed by atoms with Crippen LogP contribution in [0, 0.1) is 0 Å². The zero-order chi connectivity index (χ0) is 14.1. The molecular weight excluding hydrogens is 262 g/mol. The Labute approximate surface area is 124 Å². The Kier molecular flexibility index (Phi) is 3.33. The van der Waals surface area contributed by atoms with E-state index in [0.717, 1.165) is 55.7 Å². The van der Waals surface area contributed by atoms with Crippen LogP contribution < -0.4 is 0 Å². The van der Waals surface area contributed by atoms with Gasteiger partial charge in [-0.3, -0.25) is 15.0 Å². The quantitative estimate of drug-likeness (QED) is 0.854. The molecule has 1 aromatic rings. The predicted octanol–water partition coefficient (Wildman–Crippen LogP) is 3.19. The van der Waals surface area contributed by atoms with Crippen molar-refractivity contribution in [1.29, 1.82) is 0 Å². The van der Waals surface area contributed by atoms with Gasteiger partial charge in [-0.05, 0) is 63.2 Å².